The molecule has 0 spiro atoms. The minimum Gasteiger partial charge on any atom is -0.497 e. The largest absolute Gasteiger partial charge is 0.497 e. The molecule has 3 rings (SSSR count). The summed E-state index contributed by atoms with van der Waals surface area (Å²) in [6, 6.07) is 22.9. The fourth-order valence-corrected chi connectivity index (χ4v) is 3.31. The molecule has 0 radical (unpaired) electrons. The van der Waals surface area contributed by atoms with Crippen molar-refractivity contribution in [3.8, 4) is 11.5 Å². The first-order chi connectivity index (χ1) is 16.6. The summed E-state index contributed by atoms with van der Waals surface area (Å²) in [5.41, 5.74) is 2.44. The number of methoxy groups -OCH3 is 2. The molecule has 1 unspecified atom stereocenters. The predicted octanol–water partition coefficient (Wildman–Crippen LogP) is 3.66. The molecule has 0 heterocycles. The summed E-state index contributed by atoms with van der Waals surface area (Å²) in [6.45, 7) is 0.932. The maximum Gasteiger partial charge on any atom is 0.319 e. The van der Waals surface area contributed by atoms with Gasteiger partial charge < -0.3 is 30.7 Å². The van der Waals surface area contributed by atoms with Crippen molar-refractivity contribution < 1.29 is 19.1 Å². The summed E-state index contributed by atoms with van der Waals surface area (Å²) in [4.78, 5) is 25.5. The number of urea groups is 1. The van der Waals surface area contributed by atoms with Crippen molar-refractivity contribution in [3.05, 3.63) is 84.4 Å². The molecule has 0 saturated heterocycles. The zero-order valence-electron chi connectivity index (χ0n) is 19.3. The first-order valence-electron chi connectivity index (χ1n) is 11.0. The van der Waals surface area contributed by atoms with Gasteiger partial charge in [0.2, 0.25) is 5.91 Å². The van der Waals surface area contributed by atoms with Crippen molar-refractivity contribution in [2.45, 2.75) is 12.5 Å². The van der Waals surface area contributed by atoms with Gasteiger partial charge in [0.1, 0.15) is 17.5 Å². The Morgan fingerprint density at radius 3 is 2.24 bits per heavy atom. The van der Waals surface area contributed by atoms with E-state index in [0.717, 1.165) is 17.0 Å². The van der Waals surface area contributed by atoms with Gasteiger partial charge in [0, 0.05) is 37.0 Å². The molecule has 0 aliphatic rings. The van der Waals surface area contributed by atoms with Gasteiger partial charge >= 0.3 is 6.03 Å². The van der Waals surface area contributed by atoms with Crippen molar-refractivity contribution in [1.82, 2.24) is 10.6 Å². The zero-order chi connectivity index (χ0) is 24.2. The molecule has 0 aliphatic carbocycles. The second-order valence-electron chi connectivity index (χ2n) is 7.52. The highest BCUT2D eigenvalue weighted by Gasteiger charge is 2.21. The van der Waals surface area contributed by atoms with Gasteiger partial charge in [-0.15, -0.1) is 0 Å². The minimum atomic E-state index is -0.742. The Hall–Kier alpha value is -4.20. The van der Waals surface area contributed by atoms with Crippen LogP contribution in [0, 0.1) is 0 Å². The Kier molecular flexibility index (Phi) is 9.16. The topological polar surface area (TPSA) is 101 Å². The first-order valence-corrected chi connectivity index (χ1v) is 11.0. The molecular weight excluding hydrogens is 432 g/mol. The minimum absolute atomic E-state index is 0.263. The highest BCUT2D eigenvalue weighted by Crippen LogP contribution is 2.17. The Morgan fingerprint density at radius 1 is 0.794 bits per heavy atom. The number of hydrogen-bond acceptors (Lipinski definition) is 5. The van der Waals surface area contributed by atoms with Crippen LogP contribution >= 0.6 is 0 Å². The summed E-state index contributed by atoms with van der Waals surface area (Å²) in [5.74, 6) is 1.14. The van der Waals surface area contributed by atoms with E-state index in [1.165, 1.54) is 0 Å². The molecule has 3 aromatic carbocycles. The van der Waals surface area contributed by atoms with Crippen LogP contribution in [0.3, 0.4) is 0 Å². The molecule has 0 aromatic heterocycles. The van der Waals surface area contributed by atoms with Crippen LogP contribution in [-0.2, 0) is 11.2 Å². The average molecular weight is 463 g/mol. The second kappa shape index (κ2) is 12.7. The highest BCUT2D eigenvalue weighted by molar-refractivity contribution is 5.94. The van der Waals surface area contributed by atoms with E-state index in [-0.39, 0.29) is 5.91 Å². The molecule has 0 saturated carbocycles. The Balaban J connectivity index is 1.56. The molecule has 1 atom stereocenters. The molecule has 0 bridgehead atoms. The third-order valence-corrected chi connectivity index (χ3v) is 5.08. The lowest BCUT2D eigenvalue weighted by molar-refractivity contribution is -0.122. The van der Waals surface area contributed by atoms with Gasteiger partial charge in [0.05, 0.1) is 14.2 Å². The van der Waals surface area contributed by atoms with Crippen LogP contribution in [0.4, 0.5) is 16.2 Å². The molecule has 178 valence electrons. The van der Waals surface area contributed by atoms with E-state index < -0.39 is 12.1 Å². The van der Waals surface area contributed by atoms with Crippen molar-refractivity contribution in [1.29, 1.82) is 0 Å². The van der Waals surface area contributed by atoms with E-state index in [0.29, 0.717) is 30.9 Å². The van der Waals surface area contributed by atoms with Crippen LogP contribution in [0.5, 0.6) is 11.5 Å². The van der Waals surface area contributed by atoms with Gasteiger partial charge in [-0.1, -0.05) is 36.4 Å². The number of hydrogen-bond donors (Lipinski definition) is 4. The maximum atomic E-state index is 12.9. The van der Waals surface area contributed by atoms with Gasteiger partial charge in [-0.25, -0.2) is 4.79 Å². The summed E-state index contributed by atoms with van der Waals surface area (Å²) in [6.07, 6.45) is 0.365. The highest BCUT2D eigenvalue weighted by atomic mass is 16.5. The van der Waals surface area contributed by atoms with Crippen molar-refractivity contribution in [2.24, 2.45) is 0 Å². The van der Waals surface area contributed by atoms with Crippen molar-refractivity contribution >= 4 is 23.3 Å². The molecular formula is C26H30N4O4. The van der Waals surface area contributed by atoms with Gasteiger partial charge in [-0.3, -0.25) is 4.79 Å². The van der Waals surface area contributed by atoms with Crippen molar-refractivity contribution in [3.63, 3.8) is 0 Å². The molecule has 8 heteroatoms. The molecule has 3 aromatic rings. The zero-order valence-corrected chi connectivity index (χ0v) is 19.3. The second-order valence-corrected chi connectivity index (χ2v) is 7.52. The summed E-state index contributed by atoms with van der Waals surface area (Å²) in [5, 5.41) is 11.7. The molecule has 0 fully saturated rings. The van der Waals surface area contributed by atoms with Crippen LogP contribution in [-0.4, -0.2) is 45.3 Å². The molecule has 0 aliphatic heterocycles. The van der Waals surface area contributed by atoms with E-state index in [1.54, 1.807) is 38.5 Å². The smallest absolute Gasteiger partial charge is 0.319 e. The normalized spacial score (nSPS) is 11.1. The van der Waals surface area contributed by atoms with Gasteiger partial charge in [-0.05, 0) is 42.0 Å². The number of rotatable bonds is 11. The van der Waals surface area contributed by atoms with Crippen LogP contribution in [0.2, 0.25) is 0 Å². The number of carbonyl (C=O) groups excluding carboxylic acids is 2. The van der Waals surface area contributed by atoms with E-state index in [1.807, 2.05) is 54.6 Å². The Labute approximate surface area is 199 Å². The molecule has 4 N–H and O–H groups in total. The SMILES string of the molecule is COc1ccc(NCCNC(=O)C(Cc2ccccc2)NC(=O)Nc2cccc(OC)c2)cc1. The van der Waals surface area contributed by atoms with Gasteiger partial charge in [0.15, 0.2) is 0 Å². The van der Waals surface area contributed by atoms with E-state index >= 15 is 0 Å². The first kappa shape index (κ1) is 24.4. The average Bonchev–Trinajstić information content (AvgIpc) is 2.87. The Bertz CT molecular complexity index is 1060. The number of carbonyl (C=O) groups is 2. The van der Waals surface area contributed by atoms with E-state index in [9.17, 15) is 9.59 Å². The maximum absolute atomic E-state index is 12.9. The number of ether oxygens (including phenoxy) is 2. The van der Waals surface area contributed by atoms with E-state index in [2.05, 4.69) is 21.3 Å². The summed E-state index contributed by atoms with van der Waals surface area (Å²) in [7, 11) is 3.18. The standard InChI is InChI=1S/C26H30N4O4/c1-33-22-13-11-20(12-14-22)27-15-16-28-25(31)24(17-19-7-4-3-5-8-19)30-26(32)29-21-9-6-10-23(18-21)34-2/h3-14,18,24,27H,15-17H2,1-2H3,(H,28,31)(H2,29,30,32). The van der Waals surface area contributed by atoms with Crippen LogP contribution in [0.15, 0.2) is 78.9 Å². The predicted molar refractivity (Wildman–Crippen MR) is 134 cm³/mol. The number of amides is 3. The third kappa shape index (κ3) is 7.74. The van der Waals surface area contributed by atoms with Crippen LogP contribution < -0.4 is 30.7 Å². The van der Waals surface area contributed by atoms with Crippen LogP contribution in [0.1, 0.15) is 5.56 Å². The lowest BCUT2D eigenvalue weighted by Crippen LogP contribution is -2.50. The number of anilines is 2. The van der Waals surface area contributed by atoms with Crippen LogP contribution in [0.25, 0.3) is 0 Å². The van der Waals surface area contributed by atoms with Gasteiger partial charge in [-0.2, -0.15) is 0 Å². The number of benzene rings is 3. The molecule has 3 amide bonds. The quantitative estimate of drug-likeness (QED) is 0.326. The fraction of sp³-hybridized carbons (Fsp3) is 0.231. The van der Waals surface area contributed by atoms with E-state index in [4.69, 9.17) is 9.47 Å². The summed E-state index contributed by atoms with van der Waals surface area (Å²) < 4.78 is 10.3. The third-order valence-electron chi connectivity index (χ3n) is 5.08. The molecule has 34 heavy (non-hydrogen) atoms. The number of nitrogens with one attached hydrogen (secondary N) is 4. The molecule has 8 nitrogen and oxygen atoms in total. The Morgan fingerprint density at radius 2 is 1.53 bits per heavy atom. The summed E-state index contributed by atoms with van der Waals surface area (Å²) >= 11 is 0. The fourth-order valence-electron chi connectivity index (χ4n) is 3.31. The van der Waals surface area contributed by atoms with Crippen molar-refractivity contribution in [2.75, 3.05) is 37.9 Å². The lowest BCUT2D eigenvalue weighted by Gasteiger charge is -2.19. The lowest BCUT2D eigenvalue weighted by atomic mass is 10.1. The van der Waals surface area contributed by atoms with Gasteiger partial charge in [0.25, 0.3) is 0 Å². The monoisotopic (exact) mass is 462 g/mol.